The van der Waals surface area contributed by atoms with Crippen LogP contribution in [0.2, 0.25) is 0 Å². The first kappa shape index (κ1) is 13.1. The maximum absolute atomic E-state index is 13.1. The number of aryl methyl sites for hydroxylation is 1. The lowest BCUT2D eigenvalue weighted by molar-refractivity contribution is 0.427. The summed E-state index contributed by atoms with van der Waals surface area (Å²) < 4.78 is 14.3. The van der Waals surface area contributed by atoms with E-state index in [4.69, 9.17) is 0 Å². The van der Waals surface area contributed by atoms with Crippen LogP contribution in [-0.4, -0.2) is 5.11 Å². The van der Waals surface area contributed by atoms with Crippen molar-refractivity contribution in [2.24, 2.45) is 0 Å². The van der Waals surface area contributed by atoms with Crippen LogP contribution in [0.1, 0.15) is 11.1 Å². The summed E-state index contributed by atoms with van der Waals surface area (Å²) >= 11 is 2.27. The molecular formula is C14H13FINO. The number of anilines is 1. The van der Waals surface area contributed by atoms with Crippen molar-refractivity contribution in [3.8, 4) is 5.75 Å². The Morgan fingerprint density at radius 1 is 1.28 bits per heavy atom. The second-order valence-electron chi connectivity index (χ2n) is 4.07. The topological polar surface area (TPSA) is 32.3 Å². The van der Waals surface area contributed by atoms with E-state index in [0.717, 1.165) is 5.69 Å². The lowest BCUT2D eigenvalue weighted by atomic mass is 10.2. The molecule has 0 spiro atoms. The van der Waals surface area contributed by atoms with Gasteiger partial charge >= 0.3 is 0 Å². The zero-order valence-corrected chi connectivity index (χ0v) is 12.0. The molecule has 0 atom stereocenters. The monoisotopic (exact) mass is 357 g/mol. The Balaban J connectivity index is 2.11. The van der Waals surface area contributed by atoms with Crippen molar-refractivity contribution >= 4 is 28.3 Å². The number of phenols is 1. The number of para-hydroxylation sites is 1. The second kappa shape index (κ2) is 5.56. The number of benzene rings is 2. The molecule has 0 radical (unpaired) electrons. The van der Waals surface area contributed by atoms with Crippen molar-refractivity contribution in [3.05, 3.63) is 56.9 Å². The molecule has 4 heteroatoms. The third kappa shape index (κ3) is 2.93. The molecule has 0 saturated heterocycles. The normalized spacial score (nSPS) is 10.4. The van der Waals surface area contributed by atoms with Gasteiger partial charge in [-0.15, -0.1) is 0 Å². The summed E-state index contributed by atoms with van der Waals surface area (Å²) in [5.74, 6) is -0.875. The summed E-state index contributed by atoms with van der Waals surface area (Å²) in [6, 6.07) is 10.5. The van der Waals surface area contributed by atoms with Crippen LogP contribution < -0.4 is 5.32 Å². The molecule has 94 valence electrons. The molecule has 2 rings (SSSR count). The highest BCUT2D eigenvalue weighted by atomic mass is 127. The van der Waals surface area contributed by atoms with E-state index in [1.165, 1.54) is 15.2 Å². The Kier molecular flexibility index (Phi) is 4.06. The predicted molar refractivity (Wildman–Crippen MR) is 79.3 cm³/mol. The Labute approximate surface area is 119 Å². The number of aromatic hydroxyl groups is 1. The third-order valence-corrected chi connectivity index (χ3v) is 3.89. The van der Waals surface area contributed by atoms with Crippen LogP contribution in [0.4, 0.5) is 10.1 Å². The van der Waals surface area contributed by atoms with E-state index in [2.05, 4.69) is 27.9 Å². The zero-order chi connectivity index (χ0) is 13.1. The number of phenolic OH excluding ortho intramolecular Hbond substituents is 1. The molecular weight excluding hydrogens is 344 g/mol. The summed E-state index contributed by atoms with van der Waals surface area (Å²) in [4.78, 5) is 0. The Morgan fingerprint density at radius 2 is 2.06 bits per heavy atom. The summed E-state index contributed by atoms with van der Waals surface area (Å²) in [5.41, 5.74) is 2.72. The molecule has 0 heterocycles. The van der Waals surface area contributed by atoms with E-state index in [1.54, 1.807) is 12.1 Å². The lowest BCUT2D eigenvalue weighted by Crippen LogP contribution is -2.01. The number of halogens is 2. The standard InChI is InChI=1S/C14H13FINO/c1-9-5-6-11(7-13(9)16)17-8-10-3-2-4-12(15)14(10)18/h2-7,17-18H,8H2,1H3. The van der Waals surface area contributed by atoms with Crippen LogP contribution in [0.5, 0.6) is 5.75 Å². The molecule has 2 aromatic carbocycles. The summed E-state index contributed by atoms with van der Waals surface area (Å²) in [6.45, 7) is 2.44. The Hall–Kier alpha value is -1.30. The minimum absolute atomic E-state index is 0.285. The van der Waals surface area contributed by atoms with E-state index < -0.39 is 5.82 Å². The number of nitrogens with one attached hydrogen (secondary N) is 1. The van der Waals surface area contributed by atoms with Gasteiger partial charge in [-0.2, -0.15) is 0 Å². The molecule has 2 N–H and O–H groups in total. The van der Waals surface area contributed by atoms with Crippen LogP contribution >= 0.6 is 22.6 Å². The first-order valence-electron chi connectivity index (χ1n) is 5.54. The SMILES string of the molecule is Cc1ccc(NCc2cccc(F)c2O)cc1I. The minimum Gasteiger partial charge on any atom is -0.505 e. The average molecular weight is 357 g/mol. The Bertz CT molecular complexity index is 572. The van der Waals surface area contributed by atoms with Crippen molar-refractivity contribution in [1.29, 1.82) is 0 Å². The molecule has 0 aliphatic heterocycles. The van der Waals surface area contributed by atoms with E-state index in [0.29, 0.717) is 12.1 Å². The van der Waals surface area contributed by atoms with Crippen LogP contribution in [0.15, 0.2) is 36.4 Å². The third-order valence-electron chi connectivity index (χ3n) is 2.73. The van der Waals surface area contributed by atoms with Gasteiger partial charge in [0.15, 0.2) is 11.6 Å². The maximum atomic E-state index is 13.1. The maximum Gasteiger partial charge on any atom is 0.165 e. The van der Waals surface area contributed by atoms with Crippen molar-refractivity contribution < 1.29 is 9.50 Å². The van der Waals surface area contributed by atoms with Gasteiger partial charge in [0.2, 0.25) is 0 Å². The Morgan fingerprint density at radius 3 is 2.78 bits per heavy atom. The average Bonchev–Trinajstić information content (AvgIpc) is 2.35. The summed E-state index contributed by atoms with van der Waals surface area (Å²) in [5, 5.41) is 12.7. The van der Waals surface area contributed by atoms with Gasteiger partial charge in [-0.1, -0.05) is 18.2 Å². The van der Waals surface area contributed by atoms with Crippen molar-refractivity contribution in [2.75, 3.05) is 5.32 Å². The van der Waals surface area contributed by atoms with Gasteiger partial charge in [-0.25, -0.2) is 4.39 Å². The van der Waals surface area contributed by atoms with Gasteiger partial charge in [-0.05, 0) is 53.3 Å². The second-order valence-corrected chi connectivity index (χ2v) is 5.23. The highest BCUT2D eigenvalue weighted by Crippen LogP contribution is 2.23. The highest BCUT2D eigenvalue weighted by Gasteiger charge is 2.06. The fourth-order valence-corrected chi connectivity index (χ4v) is 2.12. The molecule has 2 nitrogen and oxygen atoms in total. The number of hydrogen-bond donors (Lipinski definition) is 2. The quantitative estimate of drug-likeness (QED) is 0.813. The first-order chi connectivity index (χ1) is 8.58. The minimum atomic E-state index is -0.590. The van der Waals surface area contributed by atoms with Crippen LogP contribution in [0.25, 0.3) is 0 Å². The molecule has 0 aromatic heterocycles. The molecule has 0 fully saturated rings. The van der Waals surface area contributed by atoms with Gasteiger partial charge in [0.1, 0.15) is 0 Å². The van der Waals surface area contributed by atoms with E-state index >= 15 is 0 Å². The fraction of sp³-hybridized carbons (Fsp3) is 0.143. The van der Waals surface area contributed by atoms with Gasteiger partial charge < -0.3 is 10.4 Å². The molecule has 0 bridgehead atoms. The molecule has 0 saturated carbocycles. The molecule has 0 amide bonds. The largest absolute Gasteiger partial charge is 0.505 e. The smallest absolute Gasteiger partial charge is 0.165 e. The van der Waals surface area contributed by atoms with Crippen molar-refractivity contribution in [3.63, 3.8) is 0 Å². The molecule has 2 aromatic rings. The number of hydrogen-bond acceptors (Lipinski definition) is 2. The van der Waals surface area contributed by atoms with Crippen LogP contribution in [0, 0.1) is 16.3 Å². The van der Waals surface area contributed by atoms with Crippen molar-refractivity contribution in [2.45, 2.75) is 13.5 Å². The first-order valence-corrected chi connectivity index (χ1v) is 6.62. The van der Waals surface area contributed by atoms with Crippen LogP contribution in [0.3, 0.4) is 0 Å². The fourth-order valence-electron chi connectivity index (χ4n) is 1.60. The van der Waals surface area contributed by atoms with E-state index in [9.17, 15) is 9.50 Å². The number of rotatable bonds is 3. The molecule has 0 aliphatic rings. The predicted octanol–water partition coefficient (Wildman–Crippen LogP) is 4.06. The highest BCUT2D eigenvalue weighted by molar-refractivity contribution is 14.1. The van der Waals surface area contributed by atoms with Crippen LogP contribution in [-0.2, 0) is 6.54 Å². The molecule has 0 unspecified atom stereocenters. The van der Waals surface area contributed by atoms with Gasteiger partial charge in [0, 0.05) is 21.4 Å². The van der Waals surface area contributed by atoms with Gasteiger partial charge in [0.05, 0.1) is 0 Å². The van der Waals surface area contributed by atoms with E-state index in [1.807, 2.05) is 25.1 Å². The van der Waals surface area contributed by atoms with Gasteiger partial charge in [0.25, 0.3) is 0 Å². The summed E-state index contributed by atoms with van der Waals surface area (Å²) in [6.07, 6.45) is 0. The summed E-state index contributed by atoms with van der Waals surface area (Å²) in [7, 11) is 0. The molecule has 18 heavy (non-hydrogen) atoms. The van der Waals surface area contributed by atoms with Crippen molar-refractivity contribution in [1.82, 2.24) is 0 Å². The van der Waals surface area contributed by atoms with Gasteiger partial charge in [-0.3, -0.25) is 0 Å². The lowest BCUT2D eigenvalue weighted by Gasteiger charge is -2.09. The zero-order valence-electron chi connectivity index (χ0n) is 9.87. The van der Waals surface area contributed by atoms with E-state index in [-0.39, 0.29) is 5.75 Å². The molecule has 0 aliphatic carbocycles.